The predicted molar refractivity (Wildman–Crippen MR) is 169 cm³/mol. The number of aryl methyl sites for hydroxylation is 1. The summed E-state index contributed by atoms with van der Waals surface area (Å²) in [5.41, 5.74) is 7.26. The Kier molecular flexibility index (Phi) is 6.77. The number of amides is 4. The van der Waals surface area contributed by atoms with Crippen LogP contribution in [0.5, 0.6) is 0 Å². The number of hydrogen-bond acceptors (Lipinski definition) is 5. The molecule has 0 saturated carbocycles. The molecule has 4 aromatic rings. The van der Waals surface area contributed by atoms with E-state index in [1.165, 1.54) is 4.90 Å². The molecule has 9 heteroatoms. The van der Waals surface area contributed by atoms with Crippen molar-refractivity contribution < 1.29 is 19.2 Å². The van der Waals surface area contributed by atoms with Crippen molar-refractivity contribution in [3.8, 4) is 0 Å². The third-order valence-corrected chi connectivity index (χ3v) is 9.51. The fraction of sp³-hybridized carbons (Fsp3) is 0.171. The van der Waals surface area contributed by atoms with Crippen LogP contribution in [0.3, 0.4) is 0 Å². The van der Waals surface area contributed by atoms with Crippen molar-refractivity contribution in [3.63, 3.8) is 0 Å². The highest BCUT2D eigenvalue weighted by Gasteiger charge is 2.68. The van der Waals surface area contributed by atoms with E-state index in [1.807, 2.05) is 79.7 Å². The summed E-state index contributed by atoms with van der Waals surface area (Å²) in [5, 5.41) is 6.92. The molecule has 2 bridgehead atoms. The van der Waals surface area contributed by atoms with Gasteiger partial charge in [-0.25, -0.2) is 10.3 Å². The molecule has 8 rings (SSSR count). The summed E-state index contributed by atoms with van der Waals surface area (Å²) in [6.07, 6.45) is 1.54. The van der Waals surface area contributed by atoms with Crippen LogP contribution in [0.1, 0.15) is 39.3 Å². The molecule has 1 saturated heterocycles. The lowest BCUT2D eigenvalue weighted by molar-refractivity contribution is -0.139. The van der Waals surface area contributed by atoms with Gasteiger partial charge in [-0.2, -0.15) is 5.10 Å². The molecule has 218 valence electrons. The lowest BCUT2D eigenvalue weighted by Crippen LogP contribution is -2.55. The Hall–Kier alpha value is -4.89. The molecule has 1 fully saturated rings. The molecular weight excluding hydrogens is 620 g/mol. The van der Waals surface area contributed by atoms with E-state index in [1.54, 1.807) is 30.5 Å². The Morgan fingerprint density at radius 1 is 0.841 bits per heavy atom. The number of nitrogens with zero attached hydrogens (tertiary/aromatic N) is 2. The van der Waals surface area contributed by atoms with Gasteiger partial charge in [0, 0.05) is 23.1 Å². The van der Waals surface area contributed by atoms with E-state index in [-0.39, 0.29) is 24.3 Å². The van der Waals surface area contributed by atoms with E-state index < -0.39 is 29.1 Å². The third-order valence-electron chi connectivity index (χ3n) is 8.98. The minimum Gasteiger partial charge on any atom is -0.344 e. The molecule has 4 amide bonds. The minimum absolute atomic E-state index is 0.189. The highest BCUT2D eigenvalue weighted by atomic mass is 79.9. The number of nitrogens with one attached hydrogen (secondary N) is 2. The van der Waals surface area contributed by atoms with Crippen molar-refractivity contribution in [1.82, 2.24) is 10.7 Å². The van der Waals surface area contributed by atoms with Gasteiger partial charge < -0.3 is 5.32 Å². The first-order chi connectivity index (χ1) is 21.3. The number of anilines is 1. The molecule has 2 N–H and O–H groups in total. The summed E-state index contributed by atoms with van der Waals surface area (Å²) < 4.78 is 0.833. The van der Waals surface area contributed by atoms with Crippen LogP contribution >= 0.6 is 15.9 Å². The summed E-state index contributed by atoms with van der Waals surface area (Å²) in [6.45, 7) is 2.16. The number of carbonyl (C=O) groups excluding carboxylic acids is 4. The lowest BCUT2D eigenvalue weighted by atomic mass is 9.47. The maximum Gasteiger partial charge on any atom is 0.329 e. The first kappa shape index (κ1) is 27.9. The molecule has 0 unspecified atom stereocenters. The van der Waals surface area contributed by atoms with Gasteiger partial charge in [0.25, 0.3) is 0 Å². The Bertz CT molecular complexity index is 1820. The van der Waals surface area contributed by atoms with Crippen LogP contribution in [-0.2, 0) is 31.1 Å². The van der Waals surface area contributed by atoms with Crippen LogP contribution in [0.2, 0.25) is 0 Å². The van der Waals surface area contributed by atoms with Crippen molar-refractivity contribution in [2.24, 2.45) is 16.9 Å². The van der Waals surface area contributed by atoms with Crippen LogP contribution in [0, 0.1) is 18.8 Å². The quantitative estimate of drug-likeness (QED) is 0.141. The maximum atomic E-state index is 14.4. The van der Waals surface area contributed by atoms with E-state index in [0.717, 1.165) is 37.9 Å². The zero-order chi connectivity index (χ0) is 30.6. The smallest absolute Gasteiger partial charge is 0.329 e. The van der Waals surface area contributed by atoms with Crippen LogP contribution in [0.25, 0.3) is 0 Å². The van der Waals surface area contributed by atoms with Gasteiger partial charge in [-0.15, -0.1) is 0 Å². The summed E-state index contributed by atoms with van der Waals surface area (Å²) in [7, 11) is 0. The molecule has 1 heterocycles. The van der Waals surface area contributed by atoms with E-state index in [9.17, 15) is 19.2 Å². The van der Waals surface area contributed by atoms with Gasteiger partial charge in [0.2, 0.25) is 11.8 Å². The molecule has 3 aliphatic carbocycles. The Labute approximate surface area is 262 Å². The SMILES string of the molecule is Cc1ccc(CNC(=O)C(=O)N/N=C\C23c4ccccc4C(c4ccccc42)[C@H]2C(=O)N(c4ccc(Br)cc4)C(=O)[C@@H]23)cc1. The van der Waals surface area contributed by atoms with Crippen LogP contribution < -0.4 is 15.6 Å². The fourth-order valence-corrected chi connectivity index (χ4v) is 7.37. The number of imide groups is 1. The zero-order valence-corrected chi connectivity index (χ0v) is 25.2. The average molecular weight is 648 g/mol. The largest absolute Gasteiger partial charge is 0.344 e. The molecule has 44 heavy (non-hydrogen) atoms. The van der Waals surface area contributed by atoms with Crippen molar-refractivity contribution in [3.05, 3.63) is 135 Å². The summed E-state index contributed by atoms with van der Waals surface area (Å²) in [4.78, 5) is 55.3. The van der Waals surface area contributed by atoms with Crippen LogP contribution in [-0.4, -0.2) is 29.8 Å². The molecule has 0 aromatic heterocycles. The average Bonchev–Trinajstić information content (AvgIpc) is 3.31. The van der Waals surface area contributed by atoms with Crippen molar-refractivity contribution in [2.75, 3.05) is 4.90 Å². The normalized spacial score (nSPS) is 22.9. The second-order valence-electron chi connectivity index (χ2n) is 11.4. The molecule has 2 atom stereocenters. The minimum atomic E-state index is -1.16. The molecule has 0 radical (unpaired) electrons. The van der Waals surface area contributed by atoms with Crippen molar-refractivity contribution >= 4 is 51.5 Å². The third kappa shape index (κ3) is 4.22. The molecule has 1 aliphatic heterocycles. The van der Waals surface area contributed by atoms with Gasteiger partial charge in [0.1, 0.15) is 0 Å². The topological polar surface area (TPSA) is 108 Å². The first-order valence-corrected chi connectivity index (χ1v) is 15.1. The number of rotatable bonds is 5. The van der Waals surface area contributed by atoms with Crippen molar-refractivity contribution in [1.29, 1.82) is 0 Å². The molecule has 0 spiro atoms. The highest BCUT2D eigenvalue weighted by Crippen LogP contribution is 2.63. The van der Waals surface area contributed by atoms with E-state index in [0.29, 0.717) is 5.69 Å². The molecule has 4 aliphatic rings. The van der Waals surface area contributed by atoms with Gasteiger partial charge in [-0.1, -0.05) is 94.3 Å². The van der Waals surface area contributed by atoms with Gasteiger partial charge in [0.05, 0.1) is 22.9 Å². The molecule has 8 nitrogen and oxygen atoms in total. The standard InChI is InChI=1S/C35H27BrN4O4/c1-20-10-12-21(13-11-20)18-37-31(41)32(42)39-38-19-35-26-8-4-2-6-24(26)28(25-7-3-5-9-27(25)35)29-30(35)34(44)40(33(29)43)23-16-14-22(36)15-17-23/h2-17,19,28-30H,18H2,1H3,(H,37,41)(H,39,42)/b38-19-/t28?,29-,30-,35?/m1/s1. The number of benzene rings is 4. The van der Waals surface area contributed by atoms with Gasteiger partial charge >= 0.3 is 11.8 Å². The Balaban J connectivity index is 1.26. The second kappa shape index (κ2) is 10.7. The number of hydrazone groups is 1. The lowest BCUT2D eigenvalue weighted by Gasteiger charge is -2.52. The van der Waals surface area contributed by atoms with Gasteiger partial charge in [-0.3, -0.25) is 19.2 Å². The predicted octanol–water partition coefficient (Wildman–Crippen LogP) is 4.73. The summed E-state index contributed by atoms with van der Waals surface area (Å²) >= 11 is 3.43. The van der Waals surface area contributed by atoms with E-state index >= 15 is 0 Å². The van der Waals surface area contributed by atoms with Gasteiger partial charge in [0.15, 0.2) is 0 Å². The highest BCUT2D eigenvalue weighted by molar-refractivity contribution is 9.10. The maximum absolute atomic E-state index is 14.4. The monoisotopic (exact) mass is 646 g/mol. The number of halogens is 1. The van der Waals surface area contributed by atoms with Crippen molar-refractivity contribution in [2.45, 2.75) is 24.8 Å². The van der Waals surface area contributed by atoms with Gasteiger partial charge in [-0.05, 0) is 59.0 Å². The molecule has 4 aromatic carbocycles. The fourth-order valence-electron chi connectivity index (χ4n) is 7.11. The van der Waals surface area contributed by atoms with Crippen LogP contribution in [0.15, 0.2) is 107 Å². The first-order valence-electron chi connectivity index (χ1n) is 14.3. The molecular formula is C35H27BrN4O4. The van der Waals surface area contributed by atoms with E-state index in [4.69, 9.17) is 0 Å². The summed E-state index contributed by atoms with van der Waals surface area (Å²) in [5.74, 6) is -4.15. The summed E-state index contributed by atoms with van der Waals surface area (Å²) in [6, 6.07) is 30.3. The Morgan fingerprint density at radius 3 is 2.09 bits per heavy atom. The van der Waals surface area contributed by atoms with E-state index in [2.05, 4.69) is 31.8 Å². The Morgan fingerprint density at radius 2 is 1.45 bits per heavy atom. The van der Waals surface area contributed by atoms with Crippen LogP contribution in [0.4, 0.5) is 5.69 Å². The second-order valence-corrected chi connectivity index (χ2v) is 12.3. The zero-order valence-electron chi connectivity index (χ0n) is 23.7. The number of hydrogen-bond donors (Lipinski definition) is 2. The number of carbonyl (C=O) groups is 4.